The first-order chi connectivity index (χ1) is 14.1. The Morgan fingerprint density at radius 2 is 1.83 bits per heavy atom. The van der Waals surface area contributed by atoms with Gasteiger partial charge in [0.05, 0.1) is 7.11 Å². The van der Waals surface area contributed by atoms with E-state index in [0.29, 0.717) is 17.2 Å². The molecule has 1 saturated heterocycles. The number of ether oxygens (including phenoxy) is 1. The molecule has 1 aliphatic heterocycles. The van der Waals surface area contributed by atoms with Gasteiger partial charge in [-0.3, -0.25) is 4.79 Å². The Bertz CT molecular complexity index is 1050. The summed E-state index contributed by atoms with van der Waals surface area (Å²) < 4.78 is 7.59. The molecule has 0 spiro atoms. The molecule has 2 aromatic heterocycles. The van der Waals surface area contributed by atoms with Crippen LogP contribution in [0.1, 0.15) is 25.7 Å². The number of nitrogens with one attached hydrogen (secondary N) is 1. The third-order valence-corrected chi connectivity index (χ3v) is 5.04. The summed E-state index contributed by atoms with van der Waals surface area (Å²) in [7, 11) is 1.58. The molecule has 3 heterocycles. The van der Waals surface area contributed by atoms with Crippen molar-refractivity contribution in [3.05, 3.63) is 47.0 Å². The summed E-state index contributed by atoms with van der Waals surface area (Å²) in [6.45, 7) is 1.73. The number of carbonyl (C=O) groups excluding carboxylic acids is 1. The molecule has 1 amide bonds. The molecule has 3 aromatic rings. The second-order valence-electron chi connectivity index (χ2n) is 7.07. The first kappa shape index (κ1) is 19.0. The second kappa shape index (κ2) is 8.34. The fourth-order valence-electron chi connectivity index (χ4n) is 3.49. The minimum Gasteiger partial charge on any atom is -0.497 e. The Kier molecular flexibility index (Phi) is 5.46. The molecule has 9 nitrogen and oxygen atoms in total. The highest BCUT2D eigenvalue weighted by atomic mass is 16.5. The summed E-state index contributed by atoms with van der Waals surface area (Å²) in [5.41, 5.74) is 0.231. The van der Waals surface area contributed by atoms with Crippen LogP contribution in [0.25, 0.3) is 5.78 Å². The van der Waals surface area contributed by atoms with Gasteiger partial charge in [-0.15, -0.1) is 5.10 Å². The number of rotatable bonds is 5. The van der Waals surface area contributed by atoms with Crippen LogP contribution in [0.15, 0.2) is 41.3 Å². The van der Waals surface area contributed by atoms with Gasteiger partial charge in [-0.1, -0.05) is 12.8 Å². The van der Waals surface area contributed by atoms with Gasteiger partial charge in [-0.05, 0) is 43.2 Å². The van der Waals surface area contributed by atoms with Gasteiger partial charge in [0.1, 0.15) is 18.1 Å². The van der Waals surface area contributed by atoms with E-state index in [2.05, 4.69) is 20.3 Å². The normalized spacial score (nSPS) is 14.6. The van der Waals surface area contributed by atoms with Gasteiger partial charge < -0.3 is 15.0 Å². The van der Waals surface area contributed by atoms with Crippen LogP contribution in [0.5, 0.6) is 5.75 Å². The van der Waals surface area contributed by atoms with E-state index in [4.69, 9.17) is 4.74 Å². The van der Waals surface area contributed by atoms with Gasteiger partial charge in [0, 0.05) is 25.0 Å². The second-order valence-corrected chi connectivity index (χ2v) is 7.07. The molecule has 1 aliphatic rings. The van der Waals surface area contributed by atoms with E-state index >= 15 is 0 Å². The van der Waals surface area contributed by atoms with Crippen LogP contribution in [-0.4, -0.2) is 45.3 Å². The molecular formula is C20H24N6O3. The quantitative estimate of drug-likeness (QED) is 0.708. The highest BCUT2D eigenvalue weighted by Gasteiger charge is 2.15. The van der Waals surface area contributed by atoms with Gasteiger partial charge in [0.15, 0.2) is 0 Å². The van der Waals surface area contributed by atoms with Crippen molar-refractivity contribution in [2.75, 3.05) is 30.4 Å². The molecule has 1 N–H and O–H groups in total. The molecule has 0 unspecified atom stereocenters. The largest absolute Gasteiger partial charge is 0.497 e. The predicted molar refractivity (Wildman–Crippen MR) is 110 cm³/mol. The molecule has 0 bridgehead atoms. The predicted octanol–water partition coefficient (Wildman–Crippen LogP) is 1.92. The van der Waals surface area contributed by atoms with Gasteiger partial charge >= 0.3 is 5.69 Å². The summed E-state index contributed by atoms with van der Waals surface area (Å²) in [6, 6.07) is 8.81. The monoisotopic (exact) mass is 396 g/mol. The first-order valence-electron chi connectivity index (χ1n) is 9.79. The fourth-order valence-corrected chi connectivity index (χ4v) is 3.49. The van der Waals surface area contributed by atoms with Gasteiger partial charge in [-0.25, -0.2) is 13.9 Å². The van der Waals surface area contributed by atoms with Crippen LogP contribution < -0.4 is 20.6 Å². The van der Waals surface area contributed by atoms with Crippen molar-refractivity contribution in [1.82, 2.24) is 19.2 Å². The highest BCUT2D eigenvalue weighted by molar-refractivity contribution is 5.90. The minimum absolute atomic E-state index is 0.187. The average molecular weight is 396 g/mol. The van der Waals surface area contributed by atoms with Crippen LogP contribution in [0.3, 0.4) is 0 Å². The fraction of sp³-hybridized carbons (Fsp3) is 0.400. The highest BCUT2D eigenvalue weighted by Crippen LogP contribution is 2.17. The Morgan fingerprint density at radius 1 is 1.10 bits per heavy atom. The minimum atomic E-state index is -0.389. The lowest BCUT2D eigenvalue weighted by atomic mass is 10.2. The molecule has 1 aromatic carbocycles. The Hall–Kier alpha value is -3.36. The summed E-state index contributed by atoms with van der Waals surface area (Å²) in [5, 5.41) is 7.00. The van der Waals surface area contributed by atoms with E-state index in [-0.39, 0.29) is 18.1 Å². The maximum absolute atomic E-state index is 12.6. The molecule has 9 heteroatoms. The van der Waals surface area contributed by atoms with E-state index in [0.717, 1.165) is 36.4 Å². The number of anilines is 2. The Balaban J connectivity index is 1.50. The van der Waals surface area contributed by atoms with Gasteiger partial charge in [0.25, 0.3) is 5.78 Å². The number of methoxy groups -OCH3 is 1. The van der Waals surface area contributed by atoms with Gasteiger partial charge in [0.2, 0.25) is 5.91 Å². The van der Waals surface area contributed by atoms with E-state index in [1.807, 2.05) is 6.07 Å². The maximum atomic E-state index is 12.6. The lowest BCUT2D eigenvalue weighted by Gasteiger charge is -2.20. The zero-order valence-electron chi connectivity index (χ0n) is 16.4. The number of aromatic nitrogens is 4. The zero-order chi connectivity index (χ0) is 20.2. The van der Waals surface area contributed by atoms with Crippen molar-refractivity contribution in [3.63, 3.8) is 0 Å². The number of carbonyl (C=O) groups is 1. The molecule has 0 radical (unpaired) electrons. The van der Waals surface area contributed by atoms with Gasteiger partial charge in [-0.2, -0.15) is 4.98 Å². The van der Waals surface area contributed by atoms with Crippen LogP contribution in [0.2, 0.25) is 0 Å². The van der Waals surface area contributed by atoms with Crippen molar-refractivity contribution in [1.29, 1.82) is 0 Å². The number of fused-ring (bicyclic) bond motifs is 1. The SMILES string of the molecule is COc1ccc(NC(=O)Cn2nc3nc(N4CCCCCC4)ccn3c2=O)cc1. The molecule has 29 heavy (non-hydrogen) atoms. The average Bonchev–Trinajstić information content (AvgIpc) is 2.91. The molecular weight excluding hydrogens is 372 g/mol. The Labute approximate surface area is 167 Å². The van der Waals surface area contributed by atoms with E-state index in [1.54, 1.807) is 37.6 Å². The van der Waals surface area contributed by atoms with Crippen molar-refractivity contribution in [3.8, 4) is 5.75 Å². The standard InChI is InChI=1S/C20H24N6O3/c1-29-16-8-6-15(7-9-16)21-18(27)14-26-20(28)25-13-10-17(22-19(25)23-26)24-11-4-2-3-5-12-24/h6-10,13H,2-5,11-12,14H2,1H3,(H,21,27). The van der Waals surface area contributed by atoms with Crippen molar-refractivity contribution < 1.29 is 9.53 Å². The number of benzene rings is 1. The first-order valence-corrected chi connectivity index (χ1v) is 9.79. The molecule has 0 aliphatic carbocycles. The van der Waals surface area contributed by atoms with Crippen LogP contribution in [0, 0.1) is 0 Å². The van der Waals surface area contributed by atoms with E-state index in [9.17, 15) is 9.59 Å². The van der Waals surface area contributed by atoms with Crippen molar-refractivity contribution >= 4 is 23.2 Å². The number of hydrogen-bond donors (Lipinski definition) is 1. The number of hydrogen-bond acceptors (Lipinski definition) is 6. The smallest absolute Gasteiger partial charge is 0.352 e. The Morgan fingerprint density at radius 3 is 2.52 bits per heavy atom. The molecule has 0 atom stereocenters. The maximum Gasteiger partial charge on any atom is 0.352 e. The summed E-state index contributed by atoms with van der Waals surface area (Å²) >= 11 is 0. The number of amides is 1. The van der Waals surface area contributed by atoms with E-state index < -0.39 is 0 Å². The van der Waals surface area contributed by atoms with E-state index in [1.165, 1.54) is 17.2 Å². The molecule has 1 fully saturated rings. The zero-order valence-corrected chi connectivity index (χ0v) is 16.4. The number of nitrogens with zero attached hydrogens (tertiary/aromatic N) is 5. The molecule has 4 rings (SSSR count). The summed E-state index contributed by atoms with van der Waals surface area (Å²) in [6.07, 6.45) is 6.42. The summed E-state index contributed by atoms with van der Waals surface area (Å²) in [5.74, 6) is 1.48. The molecule has 0 saturated carbocycles. The van der Waals surface area contributed by atoms with Crippen LogP contribution >= 0.6 is 0 Å². The topological polar surface area (TPSA) is 93.8 Å². The summed E-state index contributed by atoms with van der Waals surface area (Å²) in [4.78, 5) is 31.7. The van der Waals surface area contributed by atoms with Crippen LogP contribution in [0.4, 0.5) is 11.5 Å². The lowest BCUT2D eigenvalue weighted by molar-refractivity contribution is -0.117. The third kappa shape index (κ3) is 4.23. The molecule has 152 valence electrons. The van der Waals surface area contributed by atoms with Crippen molar-refractivity contribution in [2.24, 2.45) is 0 Å². The lowest BCUT2D eigenvalue weighted by Crippen LogP contribution is -2.28. The third-order valence-electron chi connectivity index (χ3n) is 5.04. The van der Waals surface area contributed by atoms with Crippen LogP contribution in [-0.2, 0) is 11.3 Å². The van der Waals surface area contributed by atoms with Crippen molar-refractivity contribution in [2.45, 2.75) is 32.2 Å².